The molecule has 0 fully saturated rings. The molecule has 0 bridgehead atoms. The average Bonchev–Trinajstić information content (AvgIpc) is 2.27. The van der Waals surface area contributed by atoms with Gasteiger partial charge in [0, 0.05) is 20.6 Å². The fraction of sp³-hybridized carbons (Fsp3) is 0.400. The summed E-state index contributed by atoms with van der Waals surface area (Å²) in [6, 6.07) is 6.07. The highest BCUT2D eigenvalue weighted by atomic mass is 32.2. The van der Waals surface area contributed by atoms with Crippen molar-refractivity contribution in [1.82, 2.24) is 4.31 Å². The van der Waals surface area contributed by atoms with Gasteiger partial charge >= 0.3 is 0 Å². The van der Waals surface area contributed by atoms with Crippen LogP contribution in [0.4, 0.5) is 5.69 Å². The van der Waals surface area contributed by atoms with Gasteiger partial charge in [0.15, 0.2) is 0 Å². The molecule has 1 aromatic rings. The maximum Gasteiger partial charge on any atom is 0.240 e. The van der Waals surface area contributed by atoms with Crippen molar-refractivity contribution in [3.8, 4) is 0 Å². The lowest BCUT2D eigenvalue weighted by Gasteiger charge is -2.13. The van der Waals surface area contributed by atoms with E-state index in [1.54, 1.807) is 12.1 Å². The molecule has 0 amide bonds. The van der Waals surface area contributed by atoms with Crippen LogP contribution in [0.2, 0.25) is 0 Å². The van der Waals surface area contributed by atoms with E-state index in [1.165, 1.54) is 26.2 Å². The highest BCUT2D eigenvalue weighted by Crippen LogP contribution is 2.18. The monoisotopic (exact) mass is 307 g/mol. The predicted octanol–water partition coefficient (Wildman–Crippen LogP) is -0.363. The van der Waals surface area contributed by atoms with Crippen LogP contribution in [0.1, 0.15) is 0 Å². The molecule has 1 rings (SSSR count). The molecule has 0 aromatic heterocycles. The molecule has 3 N–H and O–H groups in total. The Hall–Kier alpha value is -1.16. The van der Waals surface area contributed by atoms with Crippen LogP contribution in [0.5, 0.6) is 0 Å². The van der Waals surface area contributed by atoms with Gasteiger partial charge in [-0.2, -0.15) is 0 Å². The van der Waals surface area contributed by atoms with Crippen molar-refractivity contribution >= 4 is 25.7 Å². The van der Waals surface area contributed by atoms with E-state index < -0.39 is 20.0 Å². The summed E-state index contributed by atoms with van der Waals surface area (Å²) >= 11 is 0. The summed E-state index contributed by atoms with van der Waals surface area (Å²) in [7, 11) is -4.29. The first-order chi connectivity index (χ1) is 8.64. The lowest BCUT2D eigenvalue weighted by atomic mass is 10.3. The first-order valence-electron chi connectivity index (χ1n) is 5.40. The molecule has 0 aliphatic heterocycles. The van der Waals surface area contributed by atoms with Gasteiger partial charge in [-0.1, -0.05) is 12.1 Å². The predicted molar refractivity (Wildman–Crippen MR) is 73.8 cm³/mol. The zero-order chi connectivity index (χ0) is 14.7. The Bertz CT molecular complexity index is 638. The molecular weight excluding hydrogens is 290 g/mol. The molecule has 0 unspecified atom stereocenters. The van der Waals surface area contributed by atoms with E-state index in [9.17, 15) is 16.8 Å². The van der Waals surface area contributed by atoms with Crippen LogP contribution in [-0.4, -0.2) is 47.5 Å². The van der Waals surface area contributed by atoms with E-state index in [4.69, 9.17) is 5.14 Å². The van der Waals surface area contributed by atoms with Crippen molar-refractivity contribution in [2.75, 3.05) is 31.7 Å². The van der Waals surface area contributed by atoms with Gasteiger partial charge in [-0.15, -0.1) is 0 Å². The molecular formula is C10H17N3O4S2. The normalized spacial score (nSPS) is 12.6. The van der Waals surface area contributed by atoms with Crippen LogP contribution in [0.25, 0.3) is 0 Å². The summed E-state index contributed by atoms with van der Waals surface area (Å²) in [5, 5.41) is 7.83. The summed E-state index contributed by atoms with van der Waals surface area (Å²) in [5.41, 5.74) is 0.291. The summed E-state index contributed by atoms with van der Waals surface area (Å²) in [4.78, 5) is -0.0581. The third-order valence-electron chi connectivity index (χ3n) is 2.43. The minimum Gasteiger partial charge on any atom is -0.383 e. The largest absolute Gasteiger partial charge is 0.383 e. The number of anilines is 1. The van der Waals surface area contributed by atoms with Crippen LogP contribution >= 0.6 is 0 Å². The molecule has 108 valence electrons. The number of rotatable bonds is 6. The minimum atomic E-state index is -3.84. The minimum absolute atomic E-state index is 0.0581. The van der Waals surface area contributed by atoms with Gasteiger partial charge in [-0.05, 0) is 12.1 Å². The van der Waals surface area contributed by atoms with Crippen LogP contribution in [-0.2, 0) is 20.0 Å². The molecule has 0 atom stereocenters. The van der Waals surface area contributed by atoms with E-state index in [2.05, 4.69) is 5.32 Å². The number of nitrogens with one attached hydrogen (secondary N) is 1. The molecule has 0 radical (unpaired) electrons. The van der Waals surface area contributed by atoms with Crippen molar-refractivity contribution in [3.63, 3.8) is 0 Å². The summed E-state index contributed by atoms with van der Waals surface area (Å²) in [6.07, 6.45) is 0. The zero-order valence-corrected chi connectivity index (χ0v) is 12.3. The van der Waals surface area contributed by atoms with E-state index >= 15 is 0 Å². The average molecular weight is 307 g/mol. The van der Waals surface area contributed by atoms with Crippen molar-refractivity contribution < 1.29 is 16.8 Å². The Kier molecular flexibility index (Phi) is 4.91. The Labute approximate surface area is 113 Å². The van der Waals surface area contributed by atoms with Crippen molar-refractivity contribution in [2.24, 2.45) is 5.14 Å². The van der Waals surface area contributed by atoms with Crippen LogP contribution in [0.15, 0.2) is 29.2 Å². The summed E-state index contributed by atoms with van der Waals surface area (Å²) in [6.45, 7) is 0.0903. The van der Waals surface area contributed by atoms with Crippen molar-refractivity contribution in [2.45, 2.75) is 4.90 Å². The third-order valence-corrected chi connectivity index (χ3v) is 5.23. The number of primary sulfonamides is 1. The van der Waals surface area contributed by atoms with Crippen molar-refractivity contribution in [1.29, 1.82) is 0 Å². The highest BCUT2D eigenvalue weighted by molar-refractivity contribution is 7.89. The van der Waals surface area contributed by atoms with Gasteiger partial charge in [0.2, 0.25) is 20.0 Å². The Morgan fingerprint density at radius 1 is 1.16 bits per heavy atom. The number of sulfonamides is 2. The number of para-hydroxylation sites is 1. The number of benzene rings is 1. The standard InChI is InChI=1S/C10H17N3O4S2/c1-13(2)18(14,15)8-7-12-9-5-3-4-6-10(9)19(11,16)17/h3-6,12H,7-8H2,1-2H3,(H2,11,16,17). The quantitative estimate of drug-likeness (QED) is 0.745. The molecule has 1 aromatic carbocycles. The molecule has 0 aliphatic carbocycles. The Morgan fingerprint density at radius 3 is 2.26 bits per heavy atom. The SMILES string of the molecule is CN(C)S(=O)(=O)CCNc1ccccc1S(N)(=O)=O. The number of nitrogens with two attached hydrogens (primary N) is 1. The van der Waals surface area contributed by atoms with E-state index in [-0.39, 0.29) is 17.2 Å². The fourth-order valence-corrected chi connectivity index (χ4v) is 2.80. The van der Waals surface area contributed by atoms with E-state index in [0.29, 0.717) is 5.69 Å². The third kappa shape index (κ3) is 4.46. The van der Waals surface area contributed by atoms with E-state index in [1.807, 2.05) is 0 Å². The smallest absolute Gasteiger partial charge is 0.240 e. The van der Waals surface area contributed by atoms with Gasteiger partial charge in [-0.3, -0.25) is 0 Å². The summed E-state index contributed by atoms with van der Waals surface area (Å²) in [5.74, 6) is -0.140. The van der Waals surface area contributed by atoms with Crippen LogP contribution in [0.3, 0.4) is 0 Å². The molecule has 0 saturated heterocycles. The molecule has 0 saturated carbocycles. The van der Waals surface area contributed by atoms with Gasteiger partial charge < -0.3 is 5.32 Å². The van der Waals surface area contributed by atoms with E-state index in [0.717, 1.165) is 4.31 Å². The van der Waals surface area contributed by atoms with Gasteiger partial charge in [0.05, 0.1) is 11.4 Å². The first kappa shape index (κ1) is 15.9. The lowest BCUT2D eigenvalue weighted by molar-refractivity contribution is 0.521. The van der Waals surface area contributed by atoms with Crippen LogP contribution < -0.4 is 10.5 Å². The number of hydrogen-bond donors (Lipinski definition) is 2. The molecule has 0 aliphatic rings. The second-order valence-electron chi connectivity index (χ2n) is 4.07. The van der Waals surface area contributed by atoms with Crippen molar-refractivity contribution in [3.05, 3.63) is 24.3 Å². The topological polar surface area (TPSA) is 110 Å². The molecule has 7 nitrogen and oxygen atoms in total. The fourth-order valence-electron chi connectivity index (χ4n) is 1.36. The lowest BCUT2D eigenvalue weighted by Crippen LogP contribution is -2.28. The van der Waals surface area contributed by atoms with Gasteiger partial charge in [0.25, 0.3) is 0 Å². The molecule has 0 heterocycles. The summed E-state index contributed by atoms with van der Waals surface area (Å²) < 4.78 is 46.9. The van der Waals surface area contributed by atoms with Gasteiger partial charge in [-0.25, -0.2) is 26.3 Å². The van der Waals surface area contributed by atoms with Gasteiger partial charge in [0.1, 0.15) is 4.90 Å². The Morgan fingerprint density at radius 2 is 1.74 bits per heavy atom. The second kappa shape index (κ2) is 5.87. The second-order valence-corrected chi connectivity index (χ2v) is 7.90. The zero-order valence-electron chi connectivity index (χ0n) is 10.7. The number of nitrogens with zero attached hydrogens (tertiary/aromatic N) is 1. The first-order valence-corrected chi connectivity index (χ1v) is 8.56. The maximum atomic E-state index is 11.5. The number of hydrogen-bond acceptors (Lipinski definition) is 5. The maximum absolute atomic E-state index is 11.5. The van der Waals surface area contributed by atoms with Crippen LogP contribution in [0, 0.1) is 0 Å². The molecule has 19 heavy (non-hydrogen) atoms. The molecule has 0 spiro atoms. The highest BCUT2D eigenvalue weighted by Gasteiger charge is 2.15. The Balaban J connectivity index is 2.81. The molecule has 9 heteroatoms.